The van der Waals surface area contributed by atoms with E-state index in [1.807, 2.05) is 24.3 Å². The number of hydrogen-bond acceptors (Lipinski definition) is 3. The minimum absolute atomic E-state index is 0.643. The zero-order valence-electron chi connectivity index (χ0n) is 19.9. The Hall–Kier alpha value is -3.94. The Morgan fingerprint density at radius 2 is 1.39 bits per heavy atom. The van der Waals surface area contributed by atoms with Crippen molar-refractivity contribution in [2.45, 2.75) is 13.8 Å². The Balaban J connectivity index is 1.76. The molecular weight excluding hydrogens is 634 g/mol. The zero-order valence-corrected chi connectivity index (χ0v) is 23.8. The molecule has 0 aliphatic heterocycles. The molecule has 36 heavy (non-hydrogen) atoms. The molecule has 0 unspecified atom stereocenters. The topological polar surface area (TPSA) is 50.8 Å². The summed E-state index contributed by atoms with van der Waals surface area (Å²) in [4.78, 5) is 2.25. The van der Waals surface area contributed by atoms with Crippen molar-refractivity contribution in [3.05, 3.63) is 107 Å². The monoisotopic (exact) mass is 654 g/mol. The van der Waals surface area contributed by atoms with Gasteiger partial charge in [-0.15, -0.1) is 0 Å². The van der Waals surface area contributed by atoms with Gasteiger partial charge in [-0.2, -0.15) is 0 Å². The summed E-state index contributed by atoms with van der Waals surface area (Å²) < 4.78 is 1.27. The van der Waals surface area contributed by atoms with Crippen LogP contribution in [0.2, 0.25) is 0 Å². The van der Waals surface area contributed by atoms with E-state index in [-0.39, 0.29) is 0 Å². The number of nitrogens with zero attached hydrogens (tertiary/aromatic N) is 3. The molecule has 0 aliphatic carbocycles. The van der Waals surface area contributed by atoms with Crippen LogP contribution in [0.3, 0.4) is 0 Å². The van der Waals surface area contributed by atoms with E-state index in [1.165, 1.54) is 8.69 Å². The molecule has 0 spiro atoms. The molecule has 0 aliphatic rings. The molecule has 0 fully saturated rings. The first-order valence-corrected chi connectivity index (χ1v) is 13.7. The summed E-state index contributed by atoms with van der Waals surface area (Å²) >= 11 is 0.883. The molecule has 6 aromatic carbocycles. The molecule has 3 radical (unpaired) electrons. The summed E-state index contributed by atoms with van der Waals surface area (Å²) in [5, 5.41) is 26.3. The van der Waals surface area contributed by atoms with Gasteiger partial charge in [0, 0.05) is 0 Å². The first kappa shape index (κ1) is 22.5. The molecule has 167 valence electrons. The second-order valence-corrected chi connectivity index (χ2v) is 11.3. The van der Waals surface area contributed by atoms with Gasteiger partial charge in [0.05, 0.1) is 0 Å². The van der Waals surface area contributed by atoms with Crippen molar-refractivity contribution in [1.82, 2.24) is 0 Å². The Morgan fingerprint density at radius 3 is 2.14 bits per heavy atom. The SMILES string of the molecule is Cc1ccc(N(c2cccc[c]2[Pb])c2cc3ccc4ccc(C#N)c5ccc(c2C#N)c3c45)c(C)c1. The number of benzene rings is 6. The van der Waals surface area contributed by atoms with Gasteiger partial charge in [0.2, 0.25) is 0 Å². The first-order chi connectivity index (χ1) is 17.5. The third kappa shape index (κ3) is 3.35. The fraction of sp³-hybridized carbons (Fsp3) is 0.0625. The van der Waals surface area contributed by atoms with E-state index in [1.54, 1.807) is 0 Å². The van der Waals surface area contributed by atoms with E-state index in [9.17, 15) is 10.5 Å². The molecule has 0 bridgehead atoms. The molecule has 3 nitrogen and oxygen atoms in total. The van der Waals surface area contributed by atoms with E-state index in [0.29, 0.717) is 11.1 Å². The van der Waals surface area contributed by atoms with E-state index in [0.717, 1.165) is 80.7 Å². The minimum atomic E-state index is 0.643. The molecule has 6 rings (SSSR count). The van der Waals surface area contributed by atoms with Crippen LogP contribution in [0.1, 0.15) is 22.3 Å². The molecule has 0 atom stereocenters. The Bertz CT molecular complexity index is 1910. The summed E-state index contributed by atoms with van der Waals surface area (Å²) in [6.45, 7) is 4.23. The molecule has 6 aromatic rings. The zero-order chi connectivity index (χ0) is 25.0. The van der Waals surface area contributed by atoms with Crippen LogP contribution in [-0.4, -0.2) is 25.8 Å². The summed E-state index contributed by atoms with van der Waals surface area (Å²) in [6.07, 6.45) is 0. The van der Waals surface area contributed by atoms with Crippen LogP contribution in [0.25, 0.3) is 32.3 Å². The normalized spacial score (nSPS) is 11.1. The maximum absolute atomic E-state index is 10.6. The van der Waals surface area contributed by atoms with E-state index in [4.69, 9.17) is 0 Å². The standard InChI is InChI=1S/C32H20N3.Pb/c1-20-8-15-29(21(2)16-20)35(25-6-4-3-5-7-25)30-17-23-11-9-22-10-12-24(18-33)26-13-14-27(28(30)19-34)32(23)31(22)26;/h3-6,8-17H,1-2H3;. The van der Waals surface area contributed by atoms with Gasteiger partial charge in [0.15, 0.2) is 0 Å². The number of rotatable bonds is 3. The third-order valence-electron chi connectivity index (χ3n) is 6.97. The molecule has 0 amide bonds. The molecule has 0 N–H and O–H groups in total. The van der Waals surface area contributed by atoms with E-state index >= 15 is 0 Å². The molecule has 0 saturated heterocycles. The number of para-hydroxylation sites is 1. The molecule has 4 heteroatoms. The van der Waals surface area contributed by atoms with Crippen molar-refractivity contribution in [1.29, 1.82) is 10.5 Å². The van der Waals surface area contributed by atoms with Crippen LogP contribution in [0.5, 0.6) is 0 Å². The predicted molar refractivity (Wildman–Crippen MR) is 149 cm³/mol. The van der Waals surface area contributed by atoms with Crippen molar-refractivity contribution >= 4 is 78.3 Å². The summed E-state index contributed by atoms with van der Waals surface area (Å²) in [5.74, 6) is 0. The fourth-order valence-corrected chi connectivity index (χ4v) is 6.50. The number of nitriles is 2. The molecular formula is C32H20N3Pb. The van der Waals surface area contributed by atoms with Crippen molar-refractivity contribution in [2.24, 2.45) is 0 Å². The average molecular weight is 654 g/mol. The molecule has 0 heterocycles. The summed E-state index contributed by atoms with van der Waals surface area (Å²) in [5.41, 5.74) is 6.71. The van der Waals surface area contributed by atoms with E-state index < -0.39 is 0 Å². The average Bonchev–Trinajstić information content (AvgIpc) is 2.89. The second kappa shape index (κ2) is 8.62. The Kier molecular flexibility index (Phi) is 5.39. The fourth-order valence-electron chi connectivity index (χ4n) is 5.37. The first-order valence-electron chi connectivity index (χ1n) is 11.7. The van der Waals surface area contributed by atoms with Crippen molar-refractivity contribution < 1.29 is 0 Å². The van der Waals surface area contributed by atoms with Crippen molar-refractivity contribution in [2.75, 3.05) is 4.90 Å². The van der Waals surface area contributed by atoms with E-state index in [2.05, 4.69) is 91.5 Å². The second-order valence-electron chi connectivity index (χ2n) is 9.17. The van der Waals surface area contributed by atoms with Crippen LogP contribution in [0.15, 0.2) is 84.9 Å². The molecule has 0 aromatic heterocycles. The van der Waals surface area contributed by atoms with Gasteiger partial charge in [-0.3, -0.25) is 0 Å². The van der Waals surface area contributed by atoms with Crippen molar-refractivity contribution in [3.8, 4) is 12.1 Å². The van der Waals surface area contributed by atoms with Gasteiger partial charge < -0.3 is 0 Å². The number of aryl methyl sites for hydroxylation is 2. The van der Waals surface area contributed by atoms with Gasteiger partial charge in [-0.25, -0.2) is 0 Å². The van der Waals surface area contributed by atoms with Crippen LogP contribution < -0.4 is 8.02 Å². The van der Waals surface area contributed by atoms with Crippen LogP contribution in [-0.2, 0) is 0 Å². The van der Waals surface area contributed by atoms with Gasteiger partial charge in [0.25, 0.3) is 0 Å². The maximum atomic E-state index is 10.6. The van der Waals surface area contributed by atoms with Crippen molar-refractivity contribution in [3.63, 3.8) is 0 Å². The van der Waals surface area contributed by atoms with Crippen LogP contribution in [0.4, 0.5) is 17.1 Å². The molecule has 0 saturated carbocycles. The predicted octanol–water partition coefficient (Wildman–Crippen LogP) is 7.21. The summed E-state index contributed by atoms with van der Waals surface area (Å²) in [7, 11) is 0. The third-order valence-corrected chi connectivity index (χ3v) is 8.62. The van der Waals surface area contributed by atoms with Gasteiger partial charge in [-0.1, -0.05) is 0 Å². The number of hydrogen-bond donors (Lipinski definition) is 0. The number of anilines is 3. The van der Waals surface area contributed by atoms with Gasteiger partial charge >= 0.3 is 227 Å². The summed E-state index contributed by atoms with van der Waals surface area (Å²) in [6, 6.07) is 34.1. The van der Waals surface area contributed by atoms with Gasteiger partial charge in [-0.05, 0) is 0 Å². The Labute approximate surface area is 225 Å². The Morgan fingerprint density at radius 1 is 0.667 bits per heavy atom. The van der Waals surface area contributed by atoms with Crippen LogP contribution in [0, 0.1) is 36.5 Å². The van der Waals surface area contributed by atoms with Crippen LogP contribution >= 0.6 is 0 Å². The quantitative estimate of drug-likeness (QED) is 0.150. The van der Waals surface area contributed by atoms with Gasteiger partial charge in [0.1, 0.15) is 0 Å².